The quantitative estimate of drug-likeness (QED) is 0.690. The van der Waals surface area contributed by atoms with Crippen LogP contribution in [0.4, 0.5) is 0 Å². The van der Waals surface area contributed by atoms with Crippen LogP contribution in [-0.2, 0) is 5.41 Å². The number of fused-ring (bicyclic) bond motifs is 2. The molecule has 6 rings (SSSR count). The number of hydrogen-bond acceptors (Lipinski definition) is 2. The standard InChI is InChI=1S/C23H32N2/c1-22(18-8-4-2-5-9-18)19-10-12-20(13-11-19)23(22)15-14-21(24-23)25-16-6-3-7-17-25/h2,4-5,8-9,19-20H,3,6-7,10-17H2,1H3. The minimum Gasteiger partial charge on any atom is -0.360 e. The van der Waals surface area contributed by atoms with Crippen molar-refractivity contribution in [1.82, 2.24) is 4.90 Å². The van der Waals surface area contributed by atoms with Crippen molar-refractivity contribution in [3.8, 4) is 0 Å². The Morgan fingerprint density at radius 3 is 2.32 bits per heavy atom. The summed E-state index contributed by atoms with van der Waals surface area (Å²) < 4.78 is 0. The monoisotopic (exact) mass is 336 g/mol. The molecule has 2 heteroatoms. The average molecular weight is 337 g/mol. The summed E-state index contributed by atoms with van der Waals surface area (Å²) in [5, 5.41) is 0. The summed E-state index contributed by atoms with van der Waals surface area (Å²) in [5.41, 5.74) is 1.95. The summed E-state index contributed by atoms with van der Waals surface area (Å²) in [6.07, 6.45) is 12.2. The first kappa shape index (κ1) is 15.9. The van der Waals surface area contributed by atoms with Gasteiger partial charge in [0.25, 0.3) is 0 Å². The zero-order valence-corrected chi connectivity index (χ0v) is 15.7. The van der Waals surface area contributed by atoms with Crippen molar-refractivity contribution in [2.75, 3.05) is 13.1 Å². The van der Waals surface area contributed by atoms with Gasteiger partial charge in [0.2, 0.25) is 0 Å². The molecule has 2 aliphatic heterocycles. The van der Waals surface area contributed by atoms with Crippen LogP contribution in [0.25, 0.3) is 0 Å². The van der Waals surface area contributed by atoms with E-state index in [9.17, 15) is 0 Å². The number of nitrogens with zero attached hydrogens (tertiary/aromatic N) is 2. The van der Waals surface area contributed by atoms with Crippen LogP contribution in [0.1, 0.15) is 70.3 Å². The topological polar surface area (TPSA) is 15.6 Å². The van der Waals surface area contributed by atoms with Crippen LogP contribution in [0, 0.1) is 11.8 Å². The highest BCUT2D eigenvalue weighted by Crippen LogP contribution is 2.63. The molecule has 0 aromatic heterocycles. The summed E-state index contributed by atoms with van der Waals surface area (Å²) in [4.78, 5) is 8.29. The van der Waals surface area contributed by atoms with E-state index in [0.29, 0.717) is 0 Å². The van der Waals surface area contributed by atoms with Crippen LogP contribution < -0.4 is 0 Å². The largest absolute Gasteiger partial charge is 0.360 e. The van der Waals surface area contributed by atoms with E-state index in [1.807, 2.05) is 0 Å². The molecule has 2 atom stereocenters. The van der Waals surface area contributed by atoms with Gasteiger partial charge < -0.3 is 4.90 Å². The Bertz CT molecular complexity index is 652. The molecule has 3 saturated carbocycles. The normalized spacial score (nSPS) is 40.5. The molecule has 0 radical (unpaired) electrons. The van der Waals surface area contributed by atoms with Crippen LogP contribution >= 0.6 is 0 Å². The molecule has 2 heterocycles. The van der Waals surface area contributed by atoms with Gasteiger partial charge in [-0.25, -0.2) is 0 Å². The van der Waals surface area contributed by atoms with Crippen molar-refractivity contribution < 1.29 is 0 Å². The molecule has 1 aromatic carbocycles. The molecule has 2 bridgehead atoms. The van der Waals surface area contributed by atoms with Gasteiger partial charge in [-0.3, -0.25) is 4.99 Å². The summed E-state index contributed by atoms with van der Waals surface area (Å²) in [6.45, 7) is 5.05. The second kappa shape index (κ2) is 5.86. The minimum absolute atomic E-state index is 0.169. The smallest absolute Gasteiger partial charge is 0.0997 e. The number of likely N-dealkylation sites (tertiary alicyclic amines) is 1. The minimum atomic E-state index is 0.169. The number of aliphatic imine (C=N–C) groups is 1. The Morgan fingerprint density at radius 2 is 1.60 bits per heavy atom. The molecule has 2 nitrogen and oxygen atoms in total. The molecular weight excluding hydrogens is 304 g/mol. The molecule has 0 amide bonds. The first-order chi connectivity index (χ1) is 12.2. The molecule has 25 heavy (non-hydrogen) atoms. The molecule has 134 valence electrons. The second-order valence-corrected chi connectivity index (χ2v) is 9.12. The average Bonchev–Trinajstić information content (AvgIpc) is 3.14. The number of hydrogen-bond donors (Lipinski definition) is 0. The van der Waals surface area contributed by atoms with Gasteiger partial charge in [-0.15, -0.1) is 0 Å². The molecular formula is C23H32N2. The lowest BCUT2D eigenvalue weighted by Crippen LogP contribution is -2.62. The Kier molecular flexibility index (Phi) is 3.73. The lowest BCUT2D eigenvalue weighted by molar-refractivity contribution is -0.0199. The predicted molar refractivity (Wildman–Crippen MR) is 104 cm³/mol. The maximum absolute atomic E-state index is 5.66. The van der Waals surface area contributed by atoms with Crippen LogP contribution in [-0.4, -0.2) is 29.4 Å². The highest BCUT2D eigenvalue weighted by Gasteiger charge is 2.63. The molecule has 0 N–H and O–H groups in total. The lowest BCUT2D eigenvalue weighted by atomic mass is 9.45. The number of rotatable bonds is 1. The third-order valence-corrected chi connectivity index (χ3v) is 8.27. The van der Waals surface area contributed by atoms with E-state index in [0.717, 1.165) is 11.8 Å². The molecule has 1 spiro atoms. The van der Waals surface area contributed by atoms with E-state index in [2.05, 4.69) is 42.2 Å². The van der Waals surface area contributed by atoms with Gasteiger partial charge in [0.15, 0.2) is 0 Å². The molecule has 1 aromatic rings. The van der Waals surface area contributed by atoms with Gasteiger partial charge in [0, 0.05) is 24.9 Å². The van der Waals surface area contributed by atoms with Crippen molar-refractivity contribution in [2.24, 2.45) is 16.8 Å². The lowest BCUT2D eigenvalue weighted by Gasteiger charge is -2.61. The fraction of sp³-hybridized carbons (Fsp3) is 0.696. The van der Waals surface area contributed by atoms with Crippen LogP contribution in [0.2, 0.25) is 0 Å². The predicted octanol–water partition coefficient (Wildman–Crippen LogP) is 5.18. The number of benzene rings is 1. The molecule has 1 saturated heterocycles. The van der Waals surface area contributed by atoms with Crippen LogP contribution in [0.5, 0.6) is 0 Å². The third kappa shape index (κ3) is 2.18. The zero-order valence-electron chi connectivity index (χ0n) is 15.7. The number of amidine groups is 1. The summed E-state index contributed by atoms with van der Waals surface area (Å²) in [5.74, 6) is 3.06. The van der Waals surface area contributed by atoms with E-state index < -0.39 is 0 Å². The maximum atomic E-state index is 5.66. The molecule has 2 unspecified atom stereocenters. The summed E-state index contributed by atoms with van der Waals surface area (Å²) in [7, 11) is 0. The van der Waals surface area contributed by atoms with Crippen LogP contribution in [0.15, 0.2) is 35.3 Å². The van der Waals surface area contributed by atoms with E-state index in [4.69, 9.17) is 4.99 Å². The first-order valence-corrected chi connectivity index (χ1v) is 10.6. The van der Waals surface area contributed by atoms with E-state index in [-0.39, 0.29) is 11.0 Å². The maximum Gasteiger partial charge on any atom is 0.0997 e. The highest BCUT2D eigenvalue weighted by atomic mass is 15.2. The summed E-state index contributed by atoms with van der Waals surface area (Å²) in [6, 6.07) is 11.4. The van der Waals surface area contributed by atoms with E-state index >= 15 is 0 Å². The van der Waals surface area contributed by atoms with Crippen LogP contribution in [0.3, 0.4) is 0 Å². The fourth-order valence-corrected chi connectivity index (χ4v) is 6.89. The zero-order chi connectivity index (χ0) is 16.9. The fourth-order valence-electron chi connectivity index (χ4n) is 6.89. The number of piperidine rings is 1. The first-order valence-electron chi connectivity index (χ1n) is 10.6. The van der Waals surface area contributed by atoms with Crippen molar-refractivity contribution in [3.05, 3.63) is 35.9 Å². The van der Waals surface area contributed by atoms with Gasteiger partial charge in [-0.2, -0.15) is 0 Å². The Morgan fingerprint density at radius 1 is 0.920 bits per heavy atom. The Balaban J connectivity index is 1.59. The Hall–Kier alpha value is -1.31. The van der Waals surface area contributed by atoms with E-state index in [1.165, 1.54) is 76.7 Å². The van der Waals surface area contributed by atoms with Gasteiger partial charge in [-0.05, 0) is 68.8 Å². The van der Waals surface area contributed by atoms with Gasteiger partial charge in [0.05, 0.1) is 11.4 Å². The summed E-state index contributed by atoms with van der Waals surface area (Å²) >= 11 is 0. The molecule has 4 fully saturated rings. The van der Waals surface area contributed by atoms with Crippen molar-refractivity contribution in [1.29, 1.82) is 0 Å². The second-order valence-electron chi connectivity index (χ2n) is 9.12. The van der Waals surface area contributed by atoms with Crippen molar-refractivity contribution in [2.45, 2.75) is 75.7 Å². The third-order valence-electron chi connectivity index (χ3n) is 8.27. The Labute approximate surface area is 152 Å². The van der Waals surface area contributed by atoms with Crippen molar-refractivity contribution >= 4 is 5.84 Å². The van der Waals surface area contributed by atoms with Gasteiger partial charge in [-0.1, -0.05) is 37.3 Å². The van der Waals surface area contributed by atoms with E-state index in [1.54, 1.807) is 5.56 Å². The SMILES string of the molecule is CC1(c2ccccc2)C2CCC(CC2)C12CCC(N1CCCCC1)=N2. The van der Waals surface area contributed by atoms with Gasteiger partial charge in [0.1, 0.15) is 0 Å². The van der Waals surface area contributed by atoms with Crippen molar-refractivity contribution in [3.63, 3.8) is 0 Å². The highest BCUT2D eigenvalue weighted by molar-refractivity contribution is 5.85. The molecule has 3 aliphatic carbocycles. The van der Waals surface area contributed by atoms with Gasteiger partial charge >= 0.3 is 0 Å². The molecule has 5 aliphatic rings.